The molecule has 6 nitrogen and oxygen atoms in total. The van der Waals surface area contributed by atoms with Gasteiger partial charge in [0.15, 0.2) is 5.82 Å². The monoisotopic (exact) mass is 413 g/mol. The summed E-state index contributed by atoms with van der Waals surface area (Å²) in [5, 5.41) is 3.44. The topological polar surface area (TPSA) is 63.1 Å². The lowest BCUT2D eigenvalue weighted by molar-refractivity contribution is 0.0524. The second-order valence-corrected chi connectivity index (χ2v) is 8.78. The number of hydrogen-bond acceptors (Lipinski definition) is 5. The minimum absolute atomic E-state index is 0.0134. The van der Waals surface area contributed by atoms with Crippen molar-refractivity contribution in [2.45, 2.75) is 51.5 Å². The number of hydrogen-bond donors (Lipinski definition) is 1. The molecule has 3 aliphatic rings. The molecule has 1 saturated carbocycles. The van der Waals surface area contributed by atoms with E-state index in [1.54, 1.807) is 13.0 Å². The van der Waals surface area contributed by atoms with Crippen LogP contribution in [0.25, 0.3) is 5.52 Å². The predicted molar refractivity (Wildman–Crippen MR) is 113 cm³/mol. The third kappa shape index (κ3) is 3.02. The largest absolute Gasteiger partial charge is 0.462 e. The lowest BCUT2D eigenvalue weighted by atomic mass is 9.93. The molecule has 0 radical (unpaired) electrons. The van der Waals surface area contributed by atoms with Gasteiger partial charge in [0.25, 0.3) is 5.56 Å². The van der Waals surface area contributed by atoms with E-state index in [-0.39, 0.29) is 18.2 Å². The maximum Gasteiger partial charge on any atom is 0.343 e. The molecular weight excluding hydrogens is 385 g/mol. The Morgan fingerprint density at radius 3 is 2.83 bits per heavy atom. The summed E-state index contributed by atoms with van der Waals surface area (Å²) in [6, 6.07) is 1.97. The van der Waals surface area contributed by atoms with Crippen LogP contribution in [-0.4, -0.2) is 42.7 Å². The van der Waals surface area contributed by atoms with Crippen molar-refractivity contribution < 1.29 is 13.9 Å². The standard InChI is InChI=1S/C23H28FN3O3/c1-3-30-23(29)17-10-16(14-4-5-14)20-13(2)21(18(24)12-27(20)22(17)28)26-9-7-15-6-8-25-11-19(15)26/h10,12,14-15,19,25H,3-9,11H2,1-2H3/t15-,19-/m0/s1. The summed E-state index contributed by atoms with van der Waals surface area (Å²) in [6.07, 6.45) is 5.49. The van der Waals surface area contributed by atoms with Crippen molar-refractivity contribution in [2.75, 3.05) is 31.1 Å². The summed E-state index contributed by atoms with van der Waals surface area (Å²) in [7, 11) is 0. The first kappa shape index (κ1) is 19.5. The maximum atomic E-state index is 15.5. The van der Waals surface area contributed by atoms with Gasteiger partial charge in [-0.2, -0.15) is 0 Å². The number of carbonyl (C=O) groups is 1. The van der Waals surface area contributed by atoms with Crippen LogP contribution in [0.15, 0.2) is 17.1 Å². The quantitative estimate of drug-likeness (QED) is 0.781. The smallest absolute Gasteiger partial charge is 0.343 e. The maximum absolute atomic E-state index is 15.5. The van der Waals surface area contributed by atoms with E-state index in [2.05, 4.69) is 10.2 Å². The van der Waals surface area contributed by atoms with Gasteiger partial charge in [-0.3, -0.25) is 9.20 Å². The Balaban J connectivity index is 1.70. The van der Waals surface area contributed by atoms with E-state index < -0.39 is 17.3 Å². The van der Waals surface area contributed by atoms with Crippen LogP contribution < -0.4 is 15.8 Å². The average molecular weight is 413 g/mol. The normalized spacial score (nSPS) is 23.6. The Bertz CT molecular complexity index is 1080. The number of ether oxygens (including phenoxy) is 1. The van der Waals surface area contributed by atoms with Gasteiger partial charge >= 0.3 is 5.97 Å². The summed E-state index contributed by atoms with van der Waals surface area (Å²) < 4.78 is 21.9. The Hall–Kier alpha value is -2.41. The zero-order valence-electron chi connectivity index (χ0n) is 17.5. The molecule has 2 saturated heterocycles. The van der Waals surface area contributed by atoms with E-state index in [0.717, 1.165) is 62.0 Å². The predicted octanol–water partition coefficient (Wildman–Crippen LogP) is 2.99. The lowest BCUT2D eigenvalue weighted by Crippen LogP contribution is -2.46. The molecule has 0 aromatic carbocycles. The van der Waals surface area contributed by atoms with Crippen molar-refractivity contribution in [3.05, 3.63) is 45.1 Å². The van der Waals surface area contributed by atoms with Gasteiger partial charge in [0.2, 0.25) is 0 Å². The molecule has 2 aromatic rings. The summed E-state index contributed by atoms with van der Waals surface area (Å²) in [6.45, 7) is 6.52. The van der Waals surface area contributed by atoms with E-state index in [1.165, 1.54) is 10.6 Å². The van der Waals surface area contributed by atoms with Crippen LogP contribution in [0.2, 0.25) is 0 Å². The molecule has 4 heterocycles. The fourth-order valence-electron chi connectivity index (χ4n) is 5.40. The molecule has 1 aliphatic carbocycles. The fraction of sp³-hybridized carbons (Fsp3) is 0.565. The van der Waals surface area contributed by atoms with E-state index >= 15 is 4.39 Å². The highest BCUT2D eigenvalue weighted by Crippen LogP contribution is 2.45. The number of esters is 1. The molecule has 1 N–H and O–H groups in total. The van der Waals surface area contributed by atoms with Gasteiger partial charge in [0.1, 0.15) is 5.56 Å². The zero-order chi connectivity index (χ0) is 21.0. The zero-order valence-corrected chi connectivity index (χ0v) is 17.5. The molecule has 5 rings (SSSR count). The SMILES string of the molecule is CCOC(=O)c1cc(C2CC2)c2c(C)c(N3CC[C@@H]4CCNC[C@@H]43)c(F)cn2c1=O. The number of piperidine rings is 1. The van der Waals surface area contributed by atoms with Crippen LogP contribution in [0.4, 0.5) is 10.1 Å². The Labute approximate surface area is 175 Å². The molecule has 30 heavy (non-hydrogen) atoms. The van der Waals surface area contributed by atoms with Crippen LogP contribution in [0, 0.1) is 18.7 Å². The minimum Gasteiger partial charge on any atom is -0.462 e. The molecule has 2 aliphatic heterocycles. The van der Waals surface area contributed by atoms with Crippen LogP contribution in [0.1, 0.15) is 60.0 Å². The second kappa shape index (κ2) is 7.38. The summed E-state index contributed by atoms with van der Waals surface area (Å²) in [4.78, 5) is 27.6. The van der Waals surface area contributed by atoms with Gasteiger partial charge in [-0.05, 0) is 75.1 Å². The first-order chi connectivity index (χ1) is 14.5. The van der Waals surface area contributed by atoms with Crippen LogP contribution in [-0.2, 0) is 4.74 Å². The molecule has 0 spiro atoms. The molecule has 3 fully saturated rings. The number of anilines is 1. The number of rotatable bonds is 4. The number of aryl methyl sites for hydroxylation is 1. The average Bonchev–Trinajstić information content (AvgIpc) is 3.49. The molecular formula is C23H28FN3O3. The molecule has 0 unspecified atom stereocenters. The summed E-state index contributed by atoms with van der Waals surface area (Å²) >= 11 is 0. The van der Waals surface area contributed by atoms with E-state index in [1.807, 2.05) is 6.92 Å². The van der Waals surface area contributed by atoms with Crippen molar-refractivity contribution in [3.8, 4) is 0 Å². The van der Waals surface area contributed by atoms with Crippen molar-refractivity contribution in [1.82, 2.24) is 9.72 Å². The molecule has 0 amide bonds. The third-order valence-electron chi connectivity index (χ3n) is 6.97. The van der Waals surface area contributed by atoms with Crippen molar-refractivity contribution in [1.29, 1.82) is 0 Å². The molecule has 0 bridgehead atoms. The number of pyridine rings is 2. The number of carbonyl (C=O) groups excluding carboxylic acids is 1. The van der Waals surface area contributed by atoms with Crippen molar-refractivity contribution in [3.63, 3.8) is 0 Å². The molecule has 160 valence electrons. The lowest BCUT2D eigenvalue weighted by Gasteiger charge is -2.35. The van der Waals surface area contributed by atoms with Gasteiger partial charge in [0.05, 0.1) is 24.0 Å². The Morgan fingerprint density at radius 1 is 1.30 bits per heavy atom. The van der Waals surface area contributed by atoms with Gasteiger partial charge < -0.3 is 15.0 Å². The summed E-state index contributed by atoms with van der Waals surface area (Å²) in [5.41, 5.74) is 2.57. The number of fused-ring (bicyclic) bond motifs is 2. The fourth-order valence-corrected chi connectivity index (χ4v) is 5.40. The highest BCUT2D eigenvalue weighted by atomic mass is 19.1. The number of halogens is 1. The highest BCUT2D eigenvalue weighted by molar-refractivity contribution is 5.90. The van der Waals surface area contributed by atoms with Crippen LogP contribution in [0.3, 0.4) is 0 Å². The molecule has 7 heteroatoms. The molecule has 2 atom stereocenters. The number of nitrogens with one attached hydrogen (secondary N) is 1. The minimum atomic E-state index is -0.642. The van der Waals surface area contributed by atoms with Crippen molar-refractivity contribution >= 4 is 17.2 Å². The first-order valence-electron chi connectivity index (χ1n) is 11.0. The van der Waals surface area contributed by atoms with E-state index in [9.17, 15) is 9.59 Å². The third-order valence-corrected chi connectivity index (χ3v) is 6.97. The molecule has 2 aromatic heterocycles. The number of nitrogens with zero attached hydrogens (tertiary/aromatic N) is 2. The van der Waals surface area contributed by atoms with Gasteiger partial charge in [-0.1, -0.05) is 0 Å². The van der Waals surface area contributed by atoms with Crippen molar-refractivity contribution in [2.24, 2.45) is 5.92 Å². The van der Waals surface area contributed by atoms with Crippen LogP contribution >= 0.6 is 0 Å². The highest BCUT2D eigenvalue weighted by Gasteiger charge is 2.38. The second-order valence-electron chi connectivity index (χ2n) is 8.78. The van der Waals surface area contributed by atoms with Gasteiger partial charge in [-0.25, -0.2) is 9.18 Å². The van der Waals surface area contributed by atoms with Gasteiger partial charge in [0, 0.05) is 19.1 Å². The Morgan fingerprint density at radius 2 is 2.10 bits per heavy atom. The van der Waals surface area contributed by atoms with E-state index in [4.69, 9.17) is 4.74 Å². The number of aromatic nitrogens is 1. The van der Waals surface area contributed by atoms with Gasteiger partial charge in [-0.15, -0.1) is 0 Å². The first-order valence-corrected chi connectivity index (χ1v) is 11.0. The Kier molecular flexibility index (Phi) is 4.81. The van der Waals surface area contributed by atoms with E-state index in [0.29, 0.717) is 17.5 Å². The van der Waals surface area contributed by atoms with Crippen LogP contribution in [0.5, 0.6) is 0 Å². The summed E-state index contributed by atoms with van der Waals surface area (Å²) in [5.74, 6) is -0.168.